The lowest BCUT2D eigenvalue weighted by atomic mass is 10.1. The van der Waals surface area contributed by atoms with E-state index in [-0.39, 0.29) is 22.9 Å². The van der Waals surface area contributed by atoms with E-state index in [1.165, 1.54) is 12.1 Å². The van der Waals surface area contributed by atoms with E-state index >= 15 is 0 Å². The zero-order chi connectivity index (χ0) is 22.6. The summed E-state index contributed by atoms with van der Waals surface area (Å²) in [6.07, 6.45) is 0. The van der Waals surface area contributed by atoms with Gasteiger partial charge in [0.2, 0.25) is 10.0 Å². The summed E-state index contributed by atoms with van der Waals surface area (Å²) in [4.78, 5) is 27.5. The molecule has 1 atom stereocenters. The average Bonchev–Trinajstić information content (AvgIpc) is 2.73. The first kappa shape index (κ1) is 22.5. The Morgan fingerprint density at radius 2 is 1.68 bits per heavy atom. The Morgan fingerprint density at radius 3 is 2.29 bits per heavy atom. The second-order valence-corrected chi connectivity index (χ2v) is 9.12. The van der Waals surface area contributed by atoms with E-state index in [1.807, 2.05) is 13.0 Å². The van der Waals surface area contributed by atoms with Crippen LogP contribution < -0.4 is 15.6 Å². The number of benzene rings is 2. The number of pyridine rings is 1. The van der Waals surface area contributed by atoms with Crippen molar-refractivity contribution in [1.29, 1.82) is 0 Å². The molecule has 0 spiro atoms. The minimum absolute atomic E-state index is 0.120. The third kappa shape index (κ3) is 5.48. The van der Waals surface area contributed by atoms with Gasteiger partial charge in [-0.25, -0.2) is 13.1 Å². The molecular weight excluding hydrogens is 414 g/mol. The highest BCUT2D eigenvalue weighted by Crippen LogP contribution is 2.17. The zero-order valence-electron chi connectivity index (χ0n) is 17.6. The van der Waals surface area contributed by atoms with Gasteiger partial charge in [0, 0.05) is 29.4 Å². The van der Waals surface area contributed by atoms with Gasteiger partial charge in [-0.05, 0) is 62.2 Å². The quantitative estimate of drug-likeness (QED) is 0.526. The predicted molar refractivity (Wildman–Crippen MR) is 119 cm³/mol. The summed E-state index contributed by atoms with van der Waals surface area (Å²) in [5.74, 6) is -0.316. The summed E-state index contributed by atoms with van der Waals surface area (Å²) in [6.45, 7) is 5.49. The molecule has 2 aromatic carbocycles. The van der Waals surface area contributed by atoms with Crippen molar-refractivity contribution in [2.24, 2.45) is 0 Å². The minimum Gasteiger partial charge on any atom is -0.348 e. The molecule has 0 radical (unpaired) electrons. The minimum atomic E-state index is -3.65. The highest BCUT2D eigenvalue weighted by molar-refractivity contribution is 7.89. The van der Waals surface area contributed by atoms with Crippen LogP contribution in [-0.4, -0.2) is 19.3 Å². The molecule has 0 fully saturated rings. The summed E-state index contributed by atoms with van der Waals surface area (Å²) < 4.78 is 27.6. The van der Waals surface area contributed by atoms with Gasteiger partial charge in [-0.3, -0.25) is 9.59 Å². The molecule has 1 amide bonds. The highest BCUT2D eigenvalue weighted by atomic mass is 32.2. The SMILES string of the molecule is Cc1cc(C)c(CNC(=O)c2ccc(C(C)NS(=O)(=O)c3ccccc3)cc2)c(=O)[nH]1. The number of hydrogen-bond acceptors (Lipinski definition) is 4. The van der Waals surface area contributed by atoms with Crippen LogP contribution in [0.5, 0.6) is 0 Å². The normalized spacial score (nSPS) is 12.4. The number of sulfonamides is 1. The Morgan fingerprint density at radius 1 is 1.03 bits per heavy atom. The van der Waals surface area contributed by atoms with Gasteiger partial charge in [-0.15, -0.1) is 0 Å². The van der Waals surface area contributed by atoms with Gasteiger partial charge in [0.25, 0.3) is 11.5 Å². The number of rotatable bonds is 7. The number of H-pyrrole nitrogens is 1. The van der Waals surface area contributed by atoms with Crippen molar-refractivity contribution in [2.75, 3.05) is 0 Å². The Labute approximate surface area is 181 Å². The first-order valence-electron chi connectivity index (χ1n) is 9.82. The number of aromatic nitrogens is 1. The summed E-state index contributed by atoms with van der Waals surface area (Å²) in [7, 11) is -3.65. The average molecular weight is 440 g/mol. The van der Waals surface area contributed by atoms with E-state index < -0.39 is 16.1 Å². The molecule has 1 unspecified atom stereocenters. The van der Waals surface area contributed by atoms with E-state index in [9.17, 15) is 18.0 Å². The largest absolute Gasteiger partial charge is 0.348 e. The monoisotopic (exact) mass is 439 g/mol. The van der Waals surface area contributed by atoms with Crippen LogP contribution in [0.4, 0.5) is 0 Å². The number of hydrogen-bond donors (Lipinski definition) is 3. The molecule has 0 aliphatic carbocycles. The van der Waals surface area contributed by atoms with Gasteiger partial charge in [0.1, 0.15) is 0 Å². The molecule has 0 aliphatic heterocycles. The highest BCUT2D eigenvalue weighted by Gasteiger charge is 2.18. The van der Waals surface area contributed by atoms with Crippen molar-refractivity contribution in [2.45, 2.75) is 38.3 Å². The molecular formula is C23H25N3O4S. The second kappa shape index (κ2) is 9.28. The number of carbonyl (C=O) groups excluding carboxylic acids is 1. The fourth-order valence-corrected chi connectivity index (χ4v) is 4.52. The Hall–Kier alpha value is -3.23. The van der Waals surface area contributed by atoms with Gasteiger partial charge < -0.3 is 10.3 Å². The van der Waals surface area contributed by atoms with Crippen LogP contribution in [0.3, 0.4) is 0 Å². The standard InChI is InChI=1S/C23H25N3O4S/c1-15-13-16(2)25-23(28)21(15)14-24-22(27)19-11-9-18(10-12-19)17(3)26-31(29,30)20-7-5-4-6-8-20/h4-13,17,26H,14H2,1-3H3,(H,24,27)(H,25,28). The first-order chi connectivity index (χ1) is 14.7. The number of nitrogens with one attached hydrogen (secondary N) is 3. The molecule has 0 saturated carbocycles. The molecule has 162 valence electrons. The number of carbonyl (C=O) groups is 1. The maximum atomic E-state index is 12.5. The second-order valence-electron chi connectivity index (χ2n) is 7.40. The van der Waals surface area contributed by atoms with Gasteiger partial charge in [0.05, 0.1) is 4.90 Å². The van der Waals surface area contributed by atoms with E-state index in [0.29, 0.717) is 11.1 Å². The van der Waals surface area contributed by atoms with Gasteiger partial charge in [0.15, 0.2) is 0 Å². The summed E-state index contributed by atoms with van der Waals surface area (Å²) in [5.41, 5.74) is 3.03. The molecule has 3 N–H and O–H groups in total. The van der Waals surface area contributed by atoms with E-state index in [2.05, 4.69) is 15.0 Å². The van der Waals surface area contributed by atoms with Crippen LogP contribution in [0.15, 0.2) is 70.4 Å². The van der Waals surface area contributed by atoms with E-state index in [4.69, 9.17) is 0 Å². The van der Waals surface area contributed by atoms with Crippen LogP contribution in [0.2, 0.25) is 0 Å². The predicted octanol–water partition coefficient (Wildman–Crippen LogP) is 2.96. The first-order valence-corrected chi connectivity index (χ1v) is 11.3. The molecule has 1 aromatic heterocycles. The Bertz CT molecular complexity index is 1230. The fraction of sp³-hybridized carbons (Fsp3) is 0.217. The third-order valence-corrected chi connectivity index (χ3v) is 6.53. The lowest BCUT2D eigenvalue weighted by molar-refractivity contribution is 0.0950. The third-order valence-electron chi connectivity index (χ3n) is 4.98. The topological polar surface area (TPSA) is 108 Å². The van der Waals surface area contributed by atoms with Crippen LogP contribution in [0.1, 0.15) is 45.7 Å². The zero-order valence-corrected chi connectivity index (χ0v) is 18.4. The lowest BCUT2D eigenvalue weighted by Gasteiger charge is -2.15. The van der Waals surface area contributed by atoms with Crippen molar-refractivity contribution >= 4 is 15.9 Å². The molecule has 8 heteroatoms. The molecule has 7 nitrogen and oxygen atoms in total. The van der Waals surface area contributed by atoms with E-state index in [1.54, 1.807) is 56.3 Å². The number of aryl methyl sites for hydroxylation is 2. The van der Waals surface area contributed by atoms with Crippen molar-refractivity contribution in [3.63, 3.8) is 0 Å². The number of aromatic amines is 1. The van der Waals surface area contributed by atoms with E-state index in [0.717, 1.165) is 16.8 Å². The van der Waals surface area contributed by atoms with Crippen LogP contribution in [0.25, 0.3) is 0 Å². The molecule has 3 rings (SSSR count). The van der Waals surface area contributed by atoms with Crippen molar-refractivity contribution in [1.82, 2.24) is 15.0 Å². The van der Waals surface area contributed by atoms with Crippen LogP contribution in [0, 0.1) is 13.8 Å². The smallest absolute Gasteiger partial charge is 0.253 e. The molecule has 1 heterocycles. The van der Waals surface area contributed by atoms with Crippen molar-refractivity contribution < 1.29 is 13.2 Å². The van der Waals surface area contributed by atoms with Crippen LogP contribution >= 0.6 is 0 Å². The molecule has 3 aromatic rings. The summed E-state index contributed by atoms with van der Waals surface area (Å²) in [5, 5.41) is 2.75. The van der Waals surface area contributed by atoms with Gasteiger partial charge >= 0.3 is 0 Å². The van der Waals surface area contributed by atoms with Crippen LogP contribution in [-0.2, 0) is 16.6 Å². The fourth-order valence-electron chi connectivity index (χ4n) is 3.26. The van der Waals surface area contributed by atoms with Gasteiger partial charge in [-0.2, -0.15) is 0 Å². The summed E-state index contributed by atoms with van der Waals surface area (Å²) >= 11 is 0. The van der Waals surface area contributed by atoms with Crippen molar-refractivity contribution in [3.8, 4) is 0 Å². The Balaban J connectivity index is 1.65. The Kier molecular flexibility index (Phi) is 6.72. The number of amides is 1. The molecule has 0 aliphatic rings. The maximum Gasteiger partial charge on any atom is 0.253 e. The maximum absolute atomic E-state index is 12.5. The molecule has 31 heavy (non-hydrogen) atoms. The summed E-state index contributed by atoms with van der Waals surface area (Å²) in [6, 6.07) is 16.2. The molecule has 0 saturated heterocycles. The lowest BCUT2D eigenvalue weighted by Crippen LogP contribution is -2.28. The van der Waals surface area contributed by atoms with Crippen molar-refractivity contribution in [3.05, 3.63) is 99.0 Å². The van der Waals surface area contributed by atoms with Gasteiger partial charge in [-0.1, -0.05) is 30.3 Å². The molecule has 0 bridgehead atoms.